The summed E-state index contributed by atoms with van der Waals surface area (Å²) in [6.07, 6.45) is 5.54. The van der Waals surface area contributed by atoms with Crippen LogP contribution in [0.25, 0.3) is 5.69 Å². The van der Waals surface area contributed by atoms with E-state index in [2.05, 4.69) is 48.5 Å². The summed E-state index contributed by atoms with van der Waals surface area (Å²) in [6, 6.07) is 10.2. The second kappa shape index (κ2) is 6.68. The largest absolute Gasteiger partial charge is 0.394 e. The van der Waals surface area contributed by atoms with E-state index in [-0.39, 0.29) is 12.1 Å². The van der Waals surface area contributed by atoms with Gasteiger partial charge in [-0.3, -0.25) is 0 Å². The molecule has 0 aliphatic heterocycles. The van der Waals surface area contributed by atoms with Gasteiger partial charge in [0, 0.05) is 24.5 Å². The predicted molar refractivity (Wildman–Crippen MR) is 80.8 cm³/mol. The van der Waals surface area contributed by atoms with Gasteiger partial charge in [0.25, 0.3) is 0 Å². The Morgan fingerprint density at radius 3 is 2.40 bits per heavy atom. The second-order valence-electron chi connectivity index (χ2n) is 5.12. The first-order chi connectivity index (χ1) is 9.73. The Balaban J connectivity index is 2.01. The molecule has 4 nitrogen and oxygen atoms in total. The summed E-state index contributed by atoms with van der Waals surface area (Å²) < 4.78 is 1.84. The highest BCUT2D eigenvalue weighted by atomic mass is 16.3. The van der Waals surface area contributed by atoms with E-state index in [1.165, 1.54) is 5.56 Å². The minimum atomic E-state index is -0.166. The third kappa shape index (κ3) is 3.26. The van der Waals surface area contributed by atoms with Gasteiger partial charge >= 0.3 is 0 Å². The smallest absolute Gasteiger partial charge is 0.0645 e. The van der Waals surface area contributed by atoms with Crippen LogP contribution in [0.5, 0.6) is 0 Å². The number of hydrogen-bond acceptors (Lipinski definition) is 3. The van der Waals surface area contributed by atoms with Crippen molar-refractivity contribution in [2.75, 3.05) is 6.61 Å². The summed E-state index contributed by atoms with van der Waals surface area (Å²) in [4.78, 5) is 0. The second-order valence-corrected chi connectivity index (χ2v) is 5.12. The van der Waals surface area contributed by atoms with E-state index >= 15 is 0 Å². The number of nitrogens with one attached hydrogen (secondary N) is 1. The number of aliphatic hydroxyl groups excluding tert-OH is 1. The van der Waals surface area contributed by atoms with E-state index in [4.69, 9.17) is 0 Å². The fraction of sp³-hybridized carbons (Fsp3) is 0.438. The van der Waals surface area contributed by atoms with Crippen LogP contribution < -0.4 is 5.32 Å². The Labute approximate surface area is 120 Å². The normalized spacial score (nSPS) is 11.8. The van der Waals surface area contributed by atoms with Gasteiger partial charge in [0.2, 0.25) is 0 Å². The van der Waals surface area contributed by atoms with Gasteiger partial charge in [-0.1, -0.05) is 26.0 Å². The minimum Gasteiger partial charge on any atom is -0.394 e. The molecule has 0 unspecified atom stereocenters. The molecule has 0 aliphatic carbocycles. The van der Waals surface area contributed by atoms with E-state index in [0.717, 1.165) is 25.1 Å². The maximum atomic E-state index is 9.55. The molecule has 0 atom stereocenters. The molecule has 0 spiro atoms. The van der Waals surface area contributed by atoms with Gasteiger partial charge in [0.1, 0.15) is 0 Å². The zero-order chi connectivity index (χ0) is 14.4. The van der Waals surface area contributed by atoms with Crippen LogP contribution in [0.1, 0.15) is 32.3 Å². The number of hydrogen-bond donors (Lipinski definition) is 2. The van der Waals surface area contributed by atoms with Crippen molar-refractivity contribution in [1.29, 1.82) is 0 Å². The molecule has 0 aliphatic rings. The van der Waals surface area contributed by atoms with Crippen LogP contribution in [0, 0.1) is 0 Å². The quantitative estimate of drug-likeness (QED) is 0.815. The maximum Gasteiger partial charge on any atom is 0.0645 e. The van der Waals surface area contributed by atoms with Crippen molar-refractivity contribution < 1.29 is 5.11 Å². The van der Waals surface area contributed by atoms with Crippen molar-refractivity contribution in [3.8, 4) is 5.69 Å². The Morgan fingerprint density at radius 2 is 1.90 bits per heavy atom. The Hall–Kier alpha value is -1.65. The monoisotopic (exact) mass is 273 g/mol. The molecule has 1 aromatic carbocycles. The predicted octanol–water partition coefficient (Wildman–Crippen LogP) is 2.51. The summed E-state index contributed by atoms with van der Waals surface area (Å²) in [6.45, 7) is 5.15. The van der Waals surface area contributed by atoms with Crippen molar-refractivity contribution in [2.45, 2.75) is 38.8 Å². The molecular weight excluding hydrogens is 250 g/mol. The summed E-state index contributed by atoms with van der Waals surface area (Å²) in [7, 11) is 0. The number of rotatable bonds is 7. The Bertz CT molecular complexity index is 493. The van der Waals surface area contributed by atoms with Crippen molar-refractivity contribution >= 4 is 0 Å². The van der Waals surface area contributed by atoms with Crippen LogP contribution in [-0.2, 0) is 6.54 Å². The first-order valence-electron chi connectivity index (χ1n) is 7.18. The molecular formula is C16H23N3O. The Kier molecular flexibility index (Phi) is 4.93. The van der Waals surface area contributed by atoms with Crippen molar-refractivity contribution in [1.82, 2.24) is 15.1 Å². The van der Waals surface area contributed by atoms with Crippen LogP contribution in [0.3, 0.4) is 0 Å². The Morgan fingerprint density at radius 1 is 1.20 bits per heavy atom. The molecule has 1 aromatic heterocycles. The fourth-order valence-electron chi connectivity index (χ4n) is 2.26. The van der Waals surface area contributed by atoms with Crippen LogP contribution in [-0.4, -0.2) is 27.0 Å². The lowest BCUT2D eigenvalue weighted by atomic mass is 9.93. The highest BCUT2D eigenvalue weighted by Gasteiger charge is 2.23. The molecule has 2 N–H and O–H groups in total. The average molecular weight is 273 g/mol. The highest BCUT2D eigenvalue weighted by molar-refractivity contribution is 5.33. The third-order valence-electron chi connectivity index (χ3n) is 4.03. The number of aromatic nitrogens is 2. The van der Waals surface area contributed by atoms with E-state index in [1.807, 2.05) is 16.9 Å². The summed E-state index contributed by atoms with van der Waals surface area (Å²) in [5.74, 6) is 0. The molecule has 1 heterocycles. The summed E-state index contributed by atoms with van der Waals surface area (Å²) in [5, 5.41) is 17.2. The molecule has 20 heavy (non-hydrogen) atoms. The lowest BCUT2D eigenvalue weighted by Gasteiger charge is -2.31. The molecule has 0 amide bonds. The molecule has 108 valence electrons. The first kappa shape index (κ1) is 14.8. The van der Waals surface area contributed by atoms with E-state index in [0.29, 0.717) is 0 Å². The van der Waals surface area contributed by atoms with E-state index < -0.39 is 0 Å². The van der Waals surface area contributed by atoms with Crippen LogP contribution in [0.15, 0.2) is 42.7 Å². The fourth-order valence-corrected chi connectivity index (χ4v) is 2.26. The topological polar surface area (TPSA) is 50.1 Å². The van der Waals surface area contributed by atoms with E-state index in [1.54, 1.807) is 6.20 Å². The van der Waals surface area contributed by atoms with Crippen LogP contribution in [0.2, 0.25) is 0 Å². The molecule has 2 aromatic rings. The lowest BCUT2D eigenvalue weighted by molar-refractivity contribution is 0.149. The lowest BCUT2D eigenvalue weighted by Crippen LogP contribution is -2.47. The molecule has 0 saturated heterocycles. The van der Waals surface area contributed by atoms with Gasteiger partial charge in [-0.25, -0.2) is 4.68 Å². The van der Waals surface area contributed by atoms with Crippen molar-refractivity contribution in [2.24, 2.45) is 0 Å². The number of benzene rings is 1. The van der Waals surface area contributed by atoms with E-state index in [9.17, 15) is 5.11 Å². The molecule has 4 heteroatoms. The first-order valence-corrected chi connectivity index (χ1v) is 7.18. The average Bonchev–Trinajstić information content (AvgIpc) is 3.04. The van der Waals surface area contributed by atoms with Gasteiger partial charge in [0.15, 0.2) is 0 Å². The summed E-state index contributed by atoms with van der Waals surface area (Å²) in [5.41, 5.74) is 2.10. The number of aliphatic hydroxyl groups is 1. The SMILES string of the molecule is CCC(CC)(CO)NCc1ccc(-n2cccn2)cc1. The molecule has 0 fully saturated rings. The number of nitrogens with zero attached hydrogens (tertiary/aromatic N) is 2. The van der Waals surface area contributed by atoms with Crippen LogP contribution >= 0.6 is 0 Å². The van der Waals surface area contributed by atoms with Crippen LogP contribution in [0.4, 0.5) is 0 Å². The van der Waals surface area contributed by atoms with Gasteiger partial charge in [-0.2, -0.15) is 5.10 Å². The standard InChI is InChI=1S/C16H23N3O/c1-3-16(4-2,13-20)17-12-14-6-8-15(9-7-14)19-11-5-10-18-19/h5-11,17,20H,3-4,12-13H2,1-2H3. The minimum absolute atomic E-state index is 0.166. The van der Waals surface area contributed by atoms with Gasteiger partial charge in [-0.15, -0.1) is 0 Å². The van der Waals surface area contributed by atoms with Crippen molar-refractivity contribution in [3.63, 3.8) is 0 Å². The summed E-state index contributed by atoms with van der Waals surface area (Å²) >= 11 is 0. The molecule has 0 saturated carbocycles. The third-order valence-corrected chi connectivity index (χ3v) is 4.03. The van der Waals surface area contributed by atoms with Gasteiger partial charge in [-0.05, 0) is 36.6 Å². The zero-order valence-electron chi connectivity index (χ0n) is 12.2. The van der Waals surface area contributed by atoms with Crippen molar-refractivity contribution in [3.05, 3.63) is 48.3 Å². The van der Waals surface area contributed by atoms with Gasteiger partial charge < -0.3 is 10.4 Å². The molecule has 0 radical (unpaired) electrons. The van der Waals surface area contributed by atoms with Gasteiger partial charge in [0.05, 0.1) is 12.3 Å². The highest BCUT2D eigenvalue weighted by Crippen LogP contribution is 2.16. The molecule has 0 bridgehead atoms. The zero-order valence-corrected chi connectivity index (χ0v) is 12.2. The molecule has 2 rings (SSSR count). The maximum absolute atomic E-state index is 9.55.